The maximum absolute atomic E-state index is 12.6. The molecule has 0 fully saturated rings. The van der Waals surface area contributed by atoms with E-state index < -0.39 is 0 Å². The number of anilines is 1. The van der Waals surface area contributed by atoms with Crippen LogP contribution in [-0.4, -0.2) is 21.1 Å². The molecule has 5 nitrogen and oxygen atoms in total. The smallest absolute Gasteiger partial charge is 0.261 e. The molecule has 1 aliphatic carbocycles. The molecule has 122 valence electrons. The summed E-state index contributed by atoms with van der Waals surface area (Å²) in [5, 5.41) is 11.1. The van der Waals surface area contributed by atoms with Crippen molar-refractivity contribution in [2.75, 3.05) is 5.32 Å². The summed E-state index contributed by atoms with van der Waals surface area (Å²) in [5.41, 5.74) is 3.16. The quantitative estimate of drug-likeness (QED) is 0.732. The molecule has 24 heavy (non-hydrogen) atoms. The monoisotopic (exact) mass is 358 g/mol. The molecular weight excluding hydrogens is 344 g/mol. The molecule has 0 saturated carbocycles. The molecule has 0 spiro atoms. The van der Waals surface area contributed by atoms with E-state index in [9.17, 15) is 4.79 Å². The Hall–Kier alpha value is -2.18. The third-order valence-corrected chi connectivity index (χ3v) is 5.41. The molecule has 0 radical (unpaired) electrons. The van der Waals surface area contributed by atoms with Crippen molar-refractivity contribution in [3.8, 4) is 11.3 Å². The maximum Gasteiger partial charge on any atom is 0.261 e. The number of thiazole rings is 1. The number of carbonyl (C=O) groups is 1. The summed E-state index contributed by atoms with van der Waals surface area (Å²) in [6.07, 6.45) is 5.97. The van der Waals surface area contributed by atoms with Crippen LogP contribution in [0.3, 0.4) is 0 Å². The highest BCUT2D eigenvalue weighted by Gasteiger charge is 2.19. The minimum atomic E-state index is -0.209. The van der Waals surface area contributed by atoms with E-state index in [-0.39, 0.29) is 5.91 Å². The van der Waals surface area contributed by atoms with Gasteiger partial charge >= 0.3 is 0 Å². The average molecular weight is 359 g/mol. The van der Waals surface area contributed by atoms with Crippen molar-refractivity contribution in [2.24, 2.45) is 0 Å². The molecule has 0 aliphatic heterocycles. The van der Waals surface area contributed by atoms with Gasteiger partial charge < -0.3 is 0 Å². The number of rotatable bonds is 3. The largest absolute Gasteiger partial charge is 0.298 e. The fourth-order valence-electron chi connectivity index (χ4n) is 2.86. The molecule has 2 N–H and O–H groups in total. The third kappa shape index (κ3) is 2.95. The van der Waals surface area contributed by atoms with Gasteiger partial charge in [-0.05, 0) is 37.8 Å². The number of H-pyrrole nitrogens is 1. The van der Waals surface area contributed by atoms with Crippen molar-refractivity contribution in [1.29, 1.82) is 0 Å². The summed E-state index contributed by atoms with van der Waals surface area (Å²) in [4.78, 5) is 18.5. The fraction of sp³-hybridized carbons (Fsp3) is 0.235. The van der Waals surface area contributed by atoms with E-state index in [1.54, 1.807) is 23.5 Å². The van der Waals surface area contributed by atoms with E-state index in [1.165, 1.54) is 23.9 Å². The van der Waals surface area contributed by atoms with Crippen LogP contribution in [0.4, 0.5) is 5.13 Å². The molecule has 1 aromatic carbocycles. The lowest BCUT2D eigenvalue weighted by atomic mass is 10.0. The van der Waals surface area contributed by atoms with Gasteiger partial charge in [-0.25, -0.2) is 4.98 Å². The molecule has 0 unspecified atom stereocenters. The standard InChI is InChI=1S/C17H15ClN4OS/c18-11-7-5-10(6-8-11)15-12(9-19-22-15)16(23)21-17-20-13-3-1-2-4-14(13)24-17/h5-9H,1-4H2,(H,19,22)(H,20,21,23). The Morgan fingerprint density at radius 2 is 2.00 bits per heavy atom. The van der Waals surface area contributed by atoms with Gasteiger partial charge in [-0.1, -0.05) is 23.7 Å². The van der Waals surface area contributed by atoms with Crippen molar-refractivity contribution in [2.45, 2.75) is 25.7 Å². The lowest BCUT2D eigenvalue weighted by molar-refractivity contribution is 0.102. The summed E-state index contributed by atoms with van der Waals surface area (Å²) >= 11 is 7.49. The summed E-state index contributed by atoms with van der Waals surface area (Å²) in [6, 6.07) is 7.28. The van der Waals surface area contributed by atoms with Crippen molar-refractivity contribution in [1.82, 2.24) is 15.2 Å². The molecule has 2 heterocycles. The highest BCUT2D eigenvalue weighted by atomic mass is 35.5. The molecule has 7 heteroatoms. The van der Waals surface area contributed by atoms with Crippen LogP contribution in [0.15, 0.2) is 30.5 Å². The van der Waals surface area contributed by atoms with Crippen LogP contribution in [-0.2, 0) is 12.8 Å². The first kappa shape index (κ1) is 15.4. The SMILES string of the molecule is O=C(Nc1nc2c(s1)CCCC2)c1cn[nH]c1-c1ccc(Cl)cc1. The summed E-state index contributed by atoms with van der Waals surface area (Å²) in [5.74, 6) is -0.209. The second-order valence-corrected chi connectivity index (χ2v) is 7.24. The van der Waals surface area contributed by atoms with Crippen LogP contribution >= 0.6 is 22.9 Å². The minimum Gasteiger partial charge on any atom is -0.298 e. The zero-order chi connectivity index (χ0) is 16.5. The predicted octanol–water partition coefficient (Wildman–Crippen LogP) is 4.32. The molecule has 0 bridgehead atoms. The number of carbonyl (C=O) groups excluding carboxylic acids is 1. The minimum absolute atomic E-state index is 0.209. The second kappa shape index (κ2) is 6.37. The van der Waals surface area contributed by atoms with Crippen LogP contribution < -0.4 is 5.32 Å². The molecule has 1 aliphatic rings. The number of aryl methyl sites for hydroxylation is 2. The van der Waals surface area contributed by atoms with Gasteiger partial charge in [-0.2, -0.15) is 5.10 Å². The average Bonchev–Trinajstić information content (AvgIpc) is 3.21. The Balaban J connectivity index is 1.58. The number of nitrogens with one attached hydrogen (secondary N) is 2. The van der Waals surface area contributed by atoms with Crippen LogP contribution in [0.5, 0.6) is 0 Å². The number of amides is 1. The number of hydrogen-bond acceptors (Lipinski definition) is 4. The van der Waals surface area contributed by atoms with Gasteiger partial charge in [0.05, 0.1) is 23.1 Å². The van der Waals surface area contributed by atoms with E-state index in [0.717, 1.165) is 24.1 Å². The number of halogens is 1. The van der Waals surface area contributed by atoms with Gasteiger partial charge in [0.15, 0.2) is 5.13 Å². The zero-order valence-corrected chi connectivity index (χ0v) is 14.4. The maximum atomic E-state index is 12.6. The number of fused-ring (bicyclic) bond motifs is 1. The van der Waals surface area contributed by atoms with Gasteiger partial charge in [0.25, 0.3) is 5.91 Å². The first-order valence-electron chi connectivity index (χ1n) is 7.80. The molecule has 1 amide bonds. The Kier molecular flexibility index (Phi) is 4.08. The molecule has 0 saturated heterocycles. The number of hydrogen-bond donors (Lipinski definition) is 2. The van der Waals surface area contributed by atoms with E-state index in [0.29, 0.717) is 21.4 Å². The van der Waals surface area contributed by atoms with Crippen molar-refractivity contribution in [3.63, 3.8) is 0 Å². The zero-order valence-electron chi connectivity index (χ0n) is 12.8. The Morgan fingerprint density at radius 3 is 2.79 bits per heavy atom. The first-order chi connectivity index (χ1) is 11.7. The second-order valence-electron chi connectivity index (χ2n) is 5.72. The van der Waals surface area contributed by atoms with E-state index >= 15 is 0 Å². The molecule has 4 rings (SSSR count). The lowest BCUT2D eigenvalue weighted by Crippen LogP contribution is -2.12. The Bertz CT molecular complexity index is 861. The number of nitrogens with zero attached hydrogens (tertiary/aromatic N) is 2. The van der Waals surface area contributed by atoms with Gasteiger partial charge in [-0.3, -0.25) is 15.2 Å². The van der Waals surface area contributed by atoms with Crippen LogP contribution in [0, 0.1) is 0 Å². The van der Waals surface area contributed by atoms with Crippen LogP contribution in [0.2, 0.25) is 5.02 Å². The number of benzene rings is 1. The van der Waals surface area contributed by atoms with Gasteiger partial charge in [0, 0.05) is 15.5 Å². The molecule has 3 aromatic rings. The third-order valence-electron chi connectivity index (χ3n) is 4.08. The number of aromatic nitrogens is 3. The lowest BCUT2D eigenvalue weighted by Gasteiger charge is -2.06. The Labute approximate surface area is 148 Å². The topological polar surface area (TPSA) is 70.7 Å². The molecule has 0 atom stereocenters. The van der Waals surface area contributed by atoms with E-state index in [2.05, 4.69) is 20.5 Å². The predicted molar refractivity (Wildman–Crippen MR) is 95.7 cm³/mol. The molecule has 2 aromatic heterocycles. The summed E-state index contributed by atoms with van der Waals surface area (Å²) in [7, 11) is 0. The fourth-order valence-corrected chi connectivity index (χ4v) is 4.04. The van der Waals surface area contributed by atoms with Crippen molar-refractivity contribution in [3.05, 3.63) is 51.6 Å². The number of aromatic amines is 1. The highest BCUT2D eigenvalue weighted by molar-refractivity contribution is 7.15. The molecular formula is C17H15ClN4OS. The van der Waals surface area contributed by atoms with Crippen LogP contribution in [0.1, 0.15) is 33.8 Å². The van der Waals surface area contributed by atoms with Gasteiger partial charge in [-0.15, -0.1) is 11.3 Å². The van der Waals surface area contributed by atoms with Crippen molar-refractivity contribution < 1.29 is 4.79 Å². The normalized spacial score (nSPS) is 13.5. The van der Waals surface area contributed by atoms with E-state index in [4.69, 9.17) is 11.6 Å². The summed E-state index contributed by atoms with van der Waals surface area (Å²) < 4.78 is 0. The van der Waals surface area contributed by atoms with Crippen LogP contribution in [0.25, 0.3) is 11.3 Å². The highest BCUT2D eigenvalue weighted by Crippen LogP contribution is 2.30. The Morgan fingerprint density at radius 1 is 1.21 bits per heavy atom. The van der Waals surface area contributed by atoms with E-state index in [1.807, 2.05) is 12.1 Å². The van der Waals surface area contributed by atoms with Gasteiger partial charge in [0.2, 0.25) is 0 Å². The summed E-state index contributed by atoms with van der Waals surface area (Å²) in [6.45, 7) is 0. The van der Waals surface area contributed by atoms with Crippen molar-refractivity contribution >= 4 is 34.0 Å². The van der Waals surface area contributed by atoms with Gasteiger partial charge in [0.1, 0.15) is 0 Å². The first-order valence-corrected chi connectivity index (χ1v) is 8.99.